The molecule has 0 aromatic heterocycles. The van der Waals surface area contributed by atoms with E-state index in [1.807, 2.05) is 4.90 Å². The summed E-state index contributed by atoms with van der Waals surface area (Å²) in [5.41, 5.74) is 2.06. The van der Waals surface area contributed by atoms with Crippen molar-refractivity contribution in [2.75, 3.05) is 42.3 Å². The van der Waals surface area contributed by atoms with Crippen molar-refractivity contribution in [3.05, 3.63) is 48.0 Å². The fourth-order valence-corrected chi connectivity index (χ4v) is 5.35. The van der Waals surface area contributed by atoms with Crippen molar-refractivity contribution >= 4 is 44.7 Å². The van der Waals surface area contributed by atoms with Crippen LogP contribution in [-0.4, -0.2) is 63.5 Å². The van der Waals surface area contributed by atoms with Crippen LogP contribution in [0.1, 0.15) is 36.5 Å². The highest BCUT2D eigenvalue weighted by molar-refractivity contribution is 7.89. The number of carbonyl (C=O) groups excluding carboxylic acids is 3. The quantitative estimate of drug-likeness (QED) is 0.632. The Hall–Kier alpha value is -3.24. The van der Waals surface area contributed by atoms with Crippen LogP contribution in [-0.2, 0) is 19.6 Å². The molecule has 2 aromatic rings. The lowest BCUT2D eigenvalue weighted by Crippen LogP contribution is -2.56. The van der Waals surface area contributed by atoms with Gasteiger partial charge in [-0.1, -0.05) is 12.1 Å². The van der Waals surface area contributed by atoms with E-state index in [-0.39, 0.29) is 29.2 Å². The van der Waals surface area contributed by atoms with Gasteiger partial charge in [0.15, 0.2) is 5.78 Å². The van der Waals surface area contributed by atoms with Gasteiger partial charge in [0.2, 0.25) is 21.8 Å². The van der Waals surface area contributed by atoms with Gasteiger partial charge in [0.05, 0.1) is 16.3 Å². The van der Waals surface area contributed by atoms with Gasteiger partial charge in [0, 0.05) is 31.9 Å². The van der Waals surface area contributed by atoms with Crippen molar-refractivity contribution in [2.45, 2.75) is 37.1 Å². The molecule has 34 heavy (non-hydrogen) atoms. The topological polar surface area (TPSA) is 107 Å². The highest BCUT2D eigenvalue weighted by Crippen LogP contribution is 2.40. The molecule has 0 spiro atoms. The summed E-state index contributed by atoms with van der Waals surface area (Å²) in [4.78, 5) is 41.5. The molecular weight excluding hydrogens is 456 g/mol. The van der Waals surface area contributed by atoms with E-state index < -0.39 is 15.9 Å². The summed E-state index contributed by atoms with van der Waals surface area (Å²) < 4.78 is 26.6. The van der Waals surface area contributed by atoms with E-state index in [4.69, 9.17) is 0 Å². The zero-order valence-electron chi connectivity index (χ0n) is 19.4. The molecule has 2 aromatic carbocycles. The van der Waals surface area contributed by atoms with Gasteiger partial charge >= 0.3 is 0 Å². The van der Waals surface area contributed by atoms with Gasteiger partial charge in [-0.15, -0.1) is 0 Å². The molecule has 2 amide bonds. The molecule has 1 fully saturated rings. The molecular formula is C24H28N4O5S. The number of hydrogen-bond acceptors (Lipinski definition) is 6. The molecule has 2 aliphatic rings. The molecule has 1 atom stereocenters. The van der Waals surface area contributed by atoms with Gasteiger partial charge < -0.3 is 10.2 Å². The molecule has 2 heterocycles. The minimum Gasteiger partial charge on any atom is -0.358 e. The number of fused-ring (bicyclic) bond motifs is 3. The molecule has 1 N–H and O–H groups in total. The number of rotatable bonds is 6. The number of hydrogen-bond donors (Lipinski definition) is 1. The Labute approximate surface area is 199 Å². The largest absolute Gasteiger partial charge is 0.358 e. The molecule has 0 saturated carbocycles. The summed E-state index contributed by atoms with van der Waals surface area (Å²) in [6.07, 6.45) is 2.52. The SMILES string of the molecule is CC(=O)c1cccc(NC(=O)CN2C(=O)[C@H]3CCCCN3c3ccc(S(=O)(=O)N(C)C)cc32)c1. The lowest BCUT2D eigenvalue weighted by molar-refractivity contribution is -0.123. The van der Waals surface area contributed by atoms with Crippen molar-refractivity contribution < 1.29 is 22.8 Å². The zero-order valence-corrected chi connectivity index (χ0v) is 20.3. The second kappa shape index (κ2) is 9.19. The van der Waals surface area contributed by atoms with Gasteiger partial charge in [-0.05, 0) is 56.5 Å². The highest BCUT2D eigenvalue weighted by Gasteiger charge is 2.40. The molecule has 180 valence electrons. The molecule has 9 nitrogen and oxygen atoms in total. The molecule has 0 unspecified atom stereocenters. The Morgan fingerprint density at radius 2 is 1.85 bits per heavy atom. The zero-order chi connectivity index (χ0) is 24.6. The Bertz CT molecular complexity index is 1260. The van der Waals surface area contributed by atoms with Crippen LogP contribution in [0.25, 0.3) is 0 Å². The smallest absolute Gasteiger partial charge is 0.250 e. The summed E-state index contributed by atoms with van der Waals surface area (Å²) in [5, 5.41) is 2.75. The minimum absolute atomic E-state index is 0.0547. The molecule has 0 aliphatic carbocycles. The summed E-state index contributed by atoms with van der Waals surface area (Å²) >= 11 is 0. The van der Waals surface area contributed by atoms with Crippen molar-refractivity contribution in [1.82, 2.24) is 4.31 Å². The number of benzene rings is 2. The Morgan fingerprint density at radius 3 is 2.56 bits per heavy atom. The van der Waals surface area contributed by atoms with Gasteiger partial charge in [0.25, 0.3) is 0 Å². The van der Waals surface area contributed by atoms with Gasteiger partial charge in [-0.3, -0.25) is 19.3 Å². The standard InChI is InChI=1S/C24H28N4O5S/c1-16(29)17-7-6-8-18(13-17)25-23(30)15-28-22-14-19(34(32,33)26(2)3)10-11-20(22)27-12-5-4-9-21(27)24(28)31/h6-8,10-11,13-14,21H,4-5,9,12,15H2,1-3H3,(H,25,30)/t21-/m1/s1. The molecule has 4 rings (SSSR count). The Balaban J connectivity index is 1.68. The summed E-state index contributed by atoms with van der Waals surface area (Å²) in [5.74, 6) is -0.785. The third-order valence-corrected chi connectivity index (χ3v) is 8.05. The second-order valence-corrected chi connectivity index (χ2v) is 10.9. The average molecular weight is 485 g/mol. The lowest BCUT2D eigenvalue weighted by atomic mass is 9.96. The van der Waals surface area contributed by atoms with Crippen molar-refractivity contribution in [3.8, 4) is 0 Å². The van der Waals surface area contributed by atoms with Crippen LogP contribution in [0.4, 0.5) is 17.1 Å². The summed E-state index contributed by atoms with van der Waals surface area (Å²) in [6.45, 7) is 1.87. The monoisotopic (exact) mass is 484 g/mol. The number of amides is 2. The number of Topliss-reactive ketones (excluding diaryl/α,β-unsaturated/α-hetero) is 1. The molecule has 0 radical (unpaired) electrons. The van der Waals surface area contributed by atoms with Crippen LogP contribution in [0.15, 0.2) is 47.4 Å². The van der Waals surface area contributed by atoms with E-state index in [0.29, 0.717) is 29.9 Å². The maximum atomic E-state index is 13.4. The van der Waals surface area contributed by atoms with Crippen molar-refractivity contribution in [1.29, 1.82) is 0 Å². The number of carbonyl (C=O) groups is 3. The Morgan fingerprint density at radius 1 is 1.09 bits per heavy atom. The minimum atomic E-state index is -3.73. The van der Waals surface area contributed by atoms with E-state index in [2.05, 4.69) is 5.32 Å². The fourth-order valence-electron chi connectivity index (χ4n) is 4.43. The normalized spacial score (nSPS) is 17.9. The van der Waals surface area contributed by atoms with Crippen LogP contribution in [0.2, 0.25) is 0 Å². The molecule has 10 heteroatoms. The van der Waals surface area contributed by atoms with Crippen LogP contribution in [0, 0.1) is 0 Å². The first-order valence-corrected chi connectivity index (χ1v) is 12.6. The maximum Gasteiger partial charge on any atom is 0.250 e. The van der Waals surface area contributed by atoms with E-state index in [1.165, 1.54) is 32.0 Å². The number of anilines is 3. The van der Waals surface area contributed by atoms with Gasteiger partial charge in [-0.2, -0.15) is 0 Å². The summed E-state index contributed by atoms with van der Waals surface area (Å²) in [6, 6.07) is 10.9. The number of nitrogens with zero attached hydrogens (tertiary/aromatic N) is 3. The van der Waals surface area contributed by atoms with Gasteiger partial charge in [-0.25, -0.2) is 12.7 Å². The van der Waals surface area contributed by atoms with Crippen LogP contribution >= 0.6 is 0 Å². The lowest BCUT2D eigenvalue weighted by Gasteiger charge is -2.45. The maximum absolute atomic E-state index is 13.4. The van der Waals surface area contributed by atoms with E-state index in [0.717, 1.165) is 22.8 Å². The van der Waals surface area contributed by atoms with Crippen LogP contribution in [0.5, 0.6) is 0 Å². The van der Waals surface area contributed by atoms with Crippen molar-refractivity contribution in [2.24, 2.45) is 0 Å². The average Bonchev–Trinajstić information content (AvgIpc) is 2.81. The van der Waals surface area contributed by atoms with Gasteiger partial charge in [0.1, 0.15) is 12.6 Å². The predicted molar refractivity (Wildman–Crippen MR) is 130 cm³/mol. The molecule has 2 aliphatic heterocycles. The summed E-state index contributed by atoms with van der Waals surface area (Å²) in [7, 11) is -0.835. The van der Waals surface area contributed by atoms with Crippen molar-refractivity contribution in [3.63, 3.8) is 0 Å². The number of sulfonamides is 1. The number of ketones is 1. The first-order valence-electron chi connectivity index (χ1n) is 11.1. The fraction of sp³-hybridized carbons (Fsp3) is 0.375. The molecule has 0 bridgehead atoms. The third kappa shape index (κ3) is 4.43. The van der Waals surface area contributed by atoms with Crippen LogP contribution < -0.4 is 15.1 Å². The van der Waals surface area contributed by atoms with E-state index in [1.54, 1.807) is 36.4 Å². The highest BCUT2D eigenvalue weighted by atomic mass is 32.2. The van der Waals surface area contributed by atoms with E-state index >= 15 is 0 Å². The number of nitrogens with one attached hydrogen (secondary N) is 1. The first kappa shape index (κ1) is 23.9. The predicted octanol–water partition coefficient (Wildman–Crippen LogP) is 2.48. The third-order valence-electron chi connectivity index (χ3n) is 6.23. The first-order chi connectivity index (χ1) is 16.1. The second-order valence-electron chi connectivity index (χ2n) is 8.75. The van der Waals surface area contributed by atoms with E-state index in [9.17, 15) is 22.8 Å². The Kier molecular flexibility index (Phi) is 6.46. The van der Waals surface area contributed by atoms with Crippen LogP contribution in [0.3, 0.4) is 0 Å². The molecule has 1 saturated heterocycles. The number of piperidine rings is 1.